The van der Waals surface area contributed by atoms with Gasteiger partial charge < -0.3 is 5.32 Å². The Hall–Kier alpha value is -3.62. The van der Waals surface area contributed by atoms with Gasteiger partial charge in [-0.3, -0.25) is 4.79 Å². The van der Waals surface area contributed by atoms with Crippen LogP contribution in [-0.4, -0.2) is 41.3 Å². The summed E-state index contributed by atoms with van der Waals surface area (Å²) >= 11 is 0. The van der Waals surface area contributed by atoms with E-state index in [1.165, 1.54) is 0 Å². The molecular weight excluding hydrogens is 332 g/mol. The van der Waals surface area contributed by atoms with Gasteiger partial charge in [-0.25, -0.2) is 9.67 Å². The molecule has 0 aliphatic carbocycles. The summed E-state index contributed by atoms with van der Waals surface area (Å²) in [4.78, 5) is 16.9. The minimum Gasteiger partial charge on any atom is -0.321 e. The number of amides is 1. The van der Waals surface area contributed by atoms with Crippen LogP contribution in [0.15, 0.2) is 42.7 Å². The second-order valence-corrected chi connectivity index (χ2v) is 6.09. The van der Waals surface area contributed by atoms with E-state index in [2.05, 4.69) is 36.0 Å². The zero-order chi connectivity index (χ0) is 18.1. The summed E-state index contributed by atoms with van der Waals surface area (Å²) in [6.07, 6.45) is 3.38. The fourth-order valence-electron chi connectivity index (χ4n) is 2.64. The summed E-state index contributed by atoms with van der Waals surface area (Å²) in [6, 6.07) is 9.05. The molecule has 3 heterocycles. The molecule has 0 atom stereocenters. The van der Waals surface area contributed by atoms with E-state index in [0.717, 1.165) is 16.6 Å². The van der Waals surface area contributed by atoms with Gasteiger partial charge in [0.15, 0.2) is 5.65 Å². The Morgan fingerprint density at radius 1 is 1.19 bits per heavy atom. The van der Waals surface area contributed by atoms with Crippen LogP contribution in [0.3, 0.4) is 0 Å². The molecule has 1 aromatic carbocycles. The van der Waals surface area contributed by atoms with Gasteiger partial charge in [0.25, 0.3) is 5.91 Å². The second-order valence-electron chi connectivity index (χ2n) is 6.09. The van der Waals surface area contributed by atoms with Crippen LogP contribution in [0.25, 0.3) is 22.4 Å². The molecule has 0 radical (unpaired) electrons. The zero-order valence-corrected chi connectivity index (χ0v) is 14.2. The van der Waals surface area contributed by atoms with E-state index in [9.17, 15) is 4.79 Å². The highest BCUT2D eigenvalue weighted by Gasteiger charge is 2.11. The van der Waals surface area contributed by atoms with Crippen LogP contribution in [0.5, 0.6) is 0 Å². The van der Waals surface area contributed by atoms with Gasteiger partial charge in [0.05, 0.1) is 18.1 Å². The third kappa shape index (κ3) is 2.90. The molecule has 0 spiro atoms. The van der Waals surface area contributed by atoms with E-state index in [1.54, 1.807) is 36.7 Å². The third-order valence-corrected chi connectivity index (χ3v) is 3.93. The van der Waals surface area contributed by atoms with Crippen molar-refractivity contribution in [3.63, 3.8) is 0 Å². The van der Waals surface area contributed by atoms with Crippen molar-refractivity contribution in [2.75, 3.05) is 5.32 Å². The average Bonchev–Trinajstić information content (AvgIpc) is 3.31. The monoisotopic (exact) mass is 348 g/mol. The standard InChI is InChI=1S/C17H16N8O/c1-10(2)25-16-13(8-19-25)7-14(9-18-16)20-17(26)12-5-3-11(4-6-12)15-21-23-24-22-15/h3-10H,1-2H3,(H,20,26)(H,21,22,23,24). The lowest BCUT2D eigenvalue weighted by Crippen LogP contribution is -2.12. The molecule has 0 unspecified atom stereocenters. The maximum Gasteiger partial charge on any atom is 0.255 e. The molecule has 0 aliphatic heterocycles. The van der Waals surface area contributed by atoms with Gasteiger partial charge >= 0.3 is 0 Å². The van der Waals surface area contributed by atoms with E-state index in [4.69, 9.17) is 0 Å². The molecule has 130 valence electrons. The van der Waals surface area contributed by atoms with Crippen LogP contribution in [0.2, 0.25) is 0 Å². The van der Waals surface area contributed by atoms with Crippen molar-refractivity contribution in [2.45, 2.75) is 19.9 Å². The predicted octanol–water partition coefficient (Wildman–Crippen LogP) is 2.44. The van der Waals surface area contributed by atoms with E-state index in [0.29, 0.717) is 17.1 Å². The van der Waals surface area contributed by atoms with Crippen molar-refractivity contribution in [1.29, 1.82) is 0 Å². The largest absolute Gasteiger partial charge is 0.321 e. The van der Waals surface area contributed by atoms with Crippen LogP contribution in [0.4, 0.5) is 5.69 Å². The minimum atomic E-state index is -0.220. The topological polar surface area (TPSA) is 114 Å². The highest BCUT2D eigenvalue weighted by molar-refractivity contribution is 6.05. The van der Waals surface area contributed by atoms with Gasteiger partial charge in [0.1, 0.15) is 0 Å². The van der Waals surface area contributed by atoms with Gasteiger partial charge in [-0.2, -0.15) is 10.3 Å². The number of aromatic amines is 1. The highest BCUT2D eigenvalue weighted by Crippen LogP contribution is 2.20. The summed E-state index contributed by atoms with van der Waals surface area (Å²) in [6.45, 7) is 4.09. The lowest BCUT2D eigenvalue weighted by atomic mass is 10.1. The van der Waals surface area contributed by atoms with E-state index < -0.39 is 0 Å². The van der Waals surface area contributed by atoms with Crippen molar-refractivity contribution in [3.05, 3.63) is 48.3 Å². The van der Waals surface area contributed by atoms with Crippen molar-refractivity contribution in [3.8, 4) is 11.4 Å². The molecule has 0 fully saturated rings. The summed E-state index contributed by atoms with van der Waals surface area (Å²) in [5.74, 6) is 0.260. The van der Waals surface area contributed by atoms with Crippen LogP contribution in [0.1, 0.15) is 30.2 Å². The predicted molar refractivity (Wildman–Crippen MR) is 95.5 cm³/mol. The van der Waals surface area contributed by atoms with Crippen molar-refractivity contribution >= 4 is 22.6 Å². The Labute approximate surface area is 148 Å². The van der Waals surface area contributed by atoms with E-state index in [1.807, 2.05) is 24.6 Å². The van der Waals surface area contributed by atoms with E-state index in [-0.39, 0.29) is 11.9 Å². The maximum atomic E-state index is 12.5. The smallest absolute Gasteiger partial charge is 0.255 e. The molecule has 9 heteroatoms. The molecule has 0 aliphatic rings. The minimum absolute atomic E-state index is 0.220. The van der Waals surface area contributed by atoms with Crippen LogP contribution >= 0.6 is 0 Å². The number of pyridine rings is 1. The third-order valence-electron chi connectivity index (χ3n) is 3.93. The number of rotatable bonds is 4. The molecule has 4 aromatic rings. The number of nitrogens with zero attached hydrogens (tertiary/aromatic N) is 6. The molecule has 4 rings (SSSR count). The SMILES string of the molecule is CC(C)n1ncc2cc(NC(=O)c3ccc(-c4nn[nH]n4)cc3)cnc21. The molecule has 26 heavy (non-hydrogen) atoms. The maximum absolute atomic E-state index is 12.5. The Morgan fingerprint density at radius 3 is 2.69 bits per heavy atom. The number of benzene rings is 1. The van der Waals surface area contributed by atoms with Crippen molar-refractivity contribution < 1.29 is 4.79 Å². The number of carbonyl (C=O) groups is 1. The highest BCUT2D eigenvalue weighted by atomic mass is 16.1. The number of nitrogens with one attached hydrogen (secondary N) is 2. The summed E-state index contributed by atoms with van der Waals surface area (Å²) in [5.41, 5.74) is 2.71. The first kappa shape index (κ1) is 15.9. The number of aromatic nitrogens is 7. The Morgan fingerprint density at radius 2 is 2.00 bits per heavy atom. The number of anilines is 1. The van der Waals surface area contributed by atoms with E-state index >= 15 is 0 Å². The molecule has 0 bridgehead atoms. The molecule has 2 N–H and O–H groups in total. The fourth-order valence-corrected chi connectivity index (χ4v) is 2.64. The molecule has 9 nitrogen and oxygen atoms in total. The van der Waals surface area contributed by atoms with Crippen molar-refractivity contribution in [2.24, 2.45) is 0 Å². The number of H-pyrrole nitrogens is 1. The Bertz CT molecular complexity index is 1050. The fraction of sp³-hybridized carbons (Fsp3) is 0.176. The molecule has 3 aromatic heterocycles. The average molecular weight is 348 g/mol. The first-order valence-corrected chi connectivity index (χ1v) is 8.10. The van der Waals surface area contributed by atoms with Gasteiger partial charge in [-0.1, -0.05) is 12.1 Å². The zero-order valence-electron chi connectivity index (χ0n) is 14.2. The lowest BCUT2D eigenvalue weighted by Gasteiger charge is -2.08. The Balaban J connectivity index is 1.53. The number of tetrazole rings is 1. The Kier molecular flexibility index (Phi) is 3.88. The first-order chi connectivity index (χ1) is 12.6. The normalized spacial score (nSPS) is 11.2. The molecule has 1 amide bonds. The summed E-state index contributed by atoms with van der Waals surface area (Å²) in [7, 11) is 0. The lowest BCUT2D eigenvalue weighted by molar-refractivity contribution is 0.102. The van der Waals surface area contributed by atoms with Gasteiger partial charge in [0, 0.05) is 22.6 Å². The summed E-state index contributed by atoms with van der Waals surface area (Å²) in [5, 5.41) is 21.8. The molecule has 0 saturated heterocycles. The summed E-state index contributed by atoms with van der Waals surface area (Å²) < 4.78 is 1.84. The first-order valence-electron chi connectivity index (χ1n) is 8.10. The van der Waals surface area contributed by atoms with Gasteiger partial charge in [-0.05, 0) is 37.3 Å². The quantitative estimate of drug-likeness (QED) is 0.585. The molecular formula is C17H16N8O. The van der Waals surface area contributed by atoms with Gasteiger partial charge in [-0.15, -0.1) is 10.2 Å². The van der Waals surface area contributed by atoms with Crippen LogP contribution in [0, 0.1) is 0 Å². The number of carbonyl (C=O) groups excluding carboxylic acids is 1. The number of fused-ring (bicyclic) bond motifs is 1. The van der Waals surface area contributed by atoms with Crippen LogP contribution < -0.4 is 5.32 Å². The second kappa shape index (κ2) is 6.36. The molecule has 0 saturated carbocycles. The number of hydrogen-bond acceptors (Lipinski definition) is 6. The van der Waals surface area contributed by atoms with Crippen molar-refractivity contribution in [1.82, 2.24) is 35.4 Å². The van der Waals surface area contributed by atoms with Crippen LogP contribution in [-0.2, 0) is 0 Å². The van der Waals surface area contributed by atoms with Gasteiger partial charge in [0.2, 0.25) is 5.82 Å². The number of hydrogen-bond donors (Lipinski definition) is 2.